The maximum atomic E-state index is 13.9. The summed E-state index contributed by atoms with van der Waals surface area (Å²) < 4.78 is 15.6. The van der Waals surface area contributed by atoms with Crippen LogP contribution in [-0.2, 0) is 4.79 Å². The summed E-state index contributed by atoms with van der Waals surface area (Å²) in [6, 6.07) is 4.21. The van der Waals surface area contributed by atoms with E-state index in [4.69, 9.17) is 11.6 Å². The molecule has 0 saturated heterocycles. The number of hydrogen-bond acceptors (Lipinski definition) is 2. The summed E-state index contributed by atoms with van der Waals surface area (Å²) >= 11 is 6.15. The highest BCUT2D eigenvalue weighted by Gasteiger charge is 2.24. The zero-order valence-electron chi connectivity index (χ0n) is 12.4. The van der Waals surface area contributed by atoms with E-state index in [1.165, 1.54) is 6.07 Å². The van der Waals surface area contributed by atoms with Gasteiger partial charge in [-0.1, -0.05) is 13.0 Å². The molecule has 4 nitrogen and oxygen atoms in total. The average Bonchev–Trinajstić information content (AvgIpc) is 2.85. The fourth-order valence-electron chi connectivity index (χ4n) is 2.30. The number of halogens is 2. The summed E-state index contributed by atoms with van der Waals surface area (Å²) in [6.07, 6.45) is 0.858. The van der Waals surface area contributed by atoms with E-state index in [9.17, 15) is 9.18 Å². The lowest BCUT2D eigenvalue weighted by atomic mass is 10.2. The Morgan fingerprint density at radius 3 is 2.81 bits per heavy atom. The van der Waals surface area contributed by atoms with Crippen LogP contribution < -0.4 is 5.32 Å². The van der Waals surface area contributed by atoms with Crippen LogP contribution in [0.5, 0.6) is 0 Å². The van der Waals surface area contributed by atoms with Crippen molar-refractivity contribution in [1.82, 2.24) is 14.9 Å². The minimum atomic E-state index is -0.500. The smallest absolute Gasteiger partial charge is 0.242 e. The lowest BCUT2D eigenvalue weighted by Crippen LogP contribution is -2.32. The third-order valence-electron chi connectivity index (χ3n) is 3.37. The van der Waals surface area contributed by atoms with Crippen molar-refractivity contribution < 1.29 is 9.18 Å². The number of amides is 1. The molecule has 6 heteroatoms. The standard InChI is InChI=1S/C15H19ClFN3O/c1-4-8-18-15(21)10(3)20-12-7-5-6-11(17)13(12)19-14(20)9(2)16/h5-7,9-10H,4,8H2,1-3H3,(H,18,21). The summed E-state index contributed by atoms with van der Waals surface area (Å²) in [5.41, 5.74) is 0.826. The van der Waals surface area contributed by atoms with Crippen molar-refractivity contribution in [3.63, 3.8) is 0 Å². The van der Waals surface area contributed by atoms with Crippen molar-refractivity contribution in [2.24, 2.45) is 0 Å². The van der Waals surface area contributed by atoms with Crippen molar-refractivity contribution in [1.29, 1.82) is 0 Å². The molecular weight excluding hydrogens is 293 g/mol. The first-order chi connectivity index (χ1) is 9.97. The van der Waals surface area contributed by atoms with Gasteiger partial charge in [-0.25, -0.2) is 9.37 Å². The van der Waals surface area contributed by atoms with Crippen LogP contribution in [0, 0.1) is 5.82 Å². The van der Waals surface area contributed by atoms with Gasteiger partial charge in [-0.15, -0.1) is 11.6 Å². The Bertz CT molecular complexity index is 654. The number of carbonyl (C=O) groups excluding carboxylic acids is 1. The number of aromatic nitrogens is 2. The van der Waals surface area contributed by atoms with Gasteiger partial charge in [0.05, 0.1) is 10.9 Å². The molecule has 2 atom stereocenters. The lowest BCUT2D eigenvalue weighted by Gasteiger charge is -2.18. The zero-order valence-corrected chi connectivity index (χ0v) is 13.1. The van der Waals surface area contributed by atoms with Crippen molar-refractivity contribution >= 4 is 28.5 Å². The number of hydrogen-bond donors (Lipinski definition) is 1. The van der Waals surface area contributed by atoms with E-state index in [-0.39, 0.29) is 11.4 Å². The largest absolute Gasteiger partial charge is 0.354 e. The molecule has 0 fully saturated rings. The third kappa shape index (κ3) is 3.02. The van der Waals surface area contributed by atoms with Crippen molar-refractivity contribution in [2.45, 2.75) is 38.6 Å². The number of carbonyl (C=O) groups is 1. The topological polar surface area (TPSA) is 46.9 Å². The second-order valence-electron chi connectivity index (χ2n) is 5.03. The van der Waals surface area contributed by atoms with E-state index in [0.29, 0.717) is 17.9 Å². The van der Waals surface area contributed by atoms with Gasteiger partial charge in [0, 0.05) is 6.54 Å². The molecule has 0 aliphatic heterocycles. The molecule has 2 unspecified atom stereocenters. The second kappa shape index (κ2) is 6.43. The molecule has 0 bridgehead atoms. The van der Waals surface area contributed by atoms with Gasteiger partial charge in [0.2, 0.25) is 5.91 Å². The van der Waals surface area contributed by atoms with Crippen molar-refractivity contribution in [2.75, 3.05) is 6.54 Å². The van der Waals surface area contributed by atoms with Crippen LogP contribution in [0.1, 0.15) is 44.4 Å². The minimum Gasteiger partial charge on any atom is -0.354 e. The summed E-state index contributed by atoms with van der Waals surface area (Å²) in [7, 11) is 0. The van der Waals surface area contributed by atoms with Gasteiger partial charge in [0.1, 0.15) is 17.4 Å². The van der Waals surface area contributed by atoms with E-state index in [2.05, 4.69) is 10.3 Å². The number of rotatable bonds is 5. The molecule has 0 aliphatic carbocycles. The molecule has 2 rings (SSSR count). The first-order valence-electron chi connectivity index (χ1n) is 7.05. The molecule has 1 aromatic carbocycles. The molecule has 0 saturated carbocycles. The minimum absolute atomic E-state index is 0.126. The molecule has 0 radical (unpaired) electrons. The highest BCUT2D eigenvalue weighted by atomic mass is 35.5. The molecule has 1 heterocycles. The number of imidazole rings is 1. The number of para-hydroxylation sites is 1. The predicted molar refractivity (Wildman–Crippen MR) is 82.0 cm³/mol. The Morgan fingerprint density at radius 2 is 2.19 bits per heavy atom. The summed E-state index contributed by atoms with van der Waals surface area (Å²) in [5, 5.41) is 2.42. The van der Waals surface area contributed by atoms with Crippen LogP contribution in [0.25, 0.3) is 11.0 Å². The maximum Gasteiger partial charge on any atom is 0.242 e. The van der Waals surface area contributed by atoms with E-state index < -0.39 is 17.2 Å². The van der Waals surface area contributed by atoms with Crippen LogP contribution in [-0.4, -0.2) is 22.0 Å². The fraction of sp³-hybridized carbons (Fsp3) is 0.467. The van der Waals surface area contributed by atoms with E-state index in [0.717, 1.165) is 6.42 Å². The molecule has 0 spiro atoms. The van der Waals surface area contributed by atoms with Crippen molar-refractivity contribution in [3.8, 4) is 0 Å². The van der Waals surface area contributed by atoms with Crippen LogP contribution in [0.15, 0.2) is 18.2 Å². The average molecular weight is 312 g/mol. The molecule has 21 heavy (non-hydrogen) atoms. The first-order valence-corrected chi connectivity index (χ1v) is 7.49. The molecule has 2 aromatic rings. The van der Waals surface area contributed by atoms with E-state index in [1.54, 1.807) is 30.5 Å². The number of fused-ring (bicyclic) bond motifs is 1. The number of nitrogens with zero attached hydrogens (tertiary/aromatic N) is 2. The first kappa shape index (κ1) is 15.8. The van der Waals surface area contributed by atoms with Gasteiger partial charge in [0.25, 0.3) is 0 Å². The molecular formula is C15H19ClFN3O. The predicted octanol–water partition coefficient (Wildman–Crippen LogP) is 3.56. The lowest BCUT2D eigenvalue weighted by molar-refractivity contribution is -0.123. The van der Waals surface area contributed by atoms with Crippen LogP contribution in [0.3, 0.4) is 0 Å². The van der Waals surface area contributed by atoms with Crippen LogP contribution in [0.2, 0.25) is 0 Å². The second-order valence-corrected chi connectivity index (χ2v) is 5.69. The van der Waals surface area contributed by atoms with E-state index >= 15 is 0 Å². The number of benzene rings is 1. The summed E-state index contributed by atoms with van der Waals surface area (Å²) in [4.78, 5) is 16.5. The Morgan fingerprint density at radius 1 is 1.48 bits per heavy atom. The number of alkyl halides is 1. The normalized spacial score (nSPS) is 14.1. The van der Waals surface area contributed by atoms with Gasteiger partial charge in [0.15, 0.2) is 5.82 Å². The Kier molecular flexibility index (Phi) is 4.83. The highest BCUT2D eigenvalue weighted by molar-refractivity contribution is 6.20. The molecule has 0 aliphatic rings. The van der Waals surface area contributed by atoms with Crippen LogP contribution in [0.4, 0.5) is 4.39 Å². The number of nitrogens with one attached hydrogen (secondary N) is 1. The van der Waals surface area contributed by atoms with Crippen molar-refractivity contribution in [3.05, 3.63) is 29.8 Å². The van der Waals surface area contributed by atoms with E-state index in [1.807, 2.05) is 6.92 Å². The molecule has 1 N–H and O–H groups in total. The quantitative estimate of drug-likeness (QED) is 0.858. The van der Waals surface area contributed by atoms with Crippen LogP contribution >= 0.6 is 11.6 Å². The Balaban J connectivity index is 2.52. The summed E-state index contributed by atoms with van der Waals surface area (Å²) in [5.74, 6) is -0.0409. The fourth-order valence-corrected chi connectivity index (χ4v) is 2.46. The Labute approximate surface area is 128 Å². The molecule has 1 aromatic heterocycles. The van der Waals surface area contributed by atoms with Gasteiger partial charge < -0.3 is 9.88 Å². The third-order valence-corrected chi connectivity index (χ3v) is 3.57. The van der Waals surface area contributed by atoms with Gasteiger partial charge in [-0.3, -0.25) is 4.79 Å². The zero-order chi connectivity index (χ0) is 15.6. The highest BCUT2D eigenvalue weighted by Crippen LogP contribution is 2.29. The van der Waals surface area contributed by atoms with Gasteiger partial charge in [-0.2, -0.15) is 0 Å². The SMILES string of the molecule is CCCNC(=O)C(C)n1c(C(C)Cl)nc2c(F)cccc21. The van der Waals surface area contributed by atoms with Gasteiger partial charge >= 0.3 is 0 Å². The Hall–Kier alpha value is -1.62. The summed E-state index contributed by atoms with van der Waals surface area (Å²) in [6.45, 7) is 6.11. The molecule has 114 valence electrons. The maximum absolute atomic E-state index is 13.9. The monoisotopic (exact) mass is 311 g/mol. The molecule has 1 amide bonds. The van der Waals surface area contributed by atoms with Gasteiger partial charge in [-0.05, 0) is 32.4 Å².